The summed E-state index contributed by atoms with van der Waals surface area (Å²) in [4.78, 5) is 3.91. The van der Waals surface area contributed by atoms with Gasteiger partial charge in [-0.05, 0) is 23.8 Å². The van der Waals surface area contributed by atoms with Crippen molar-refractivity contribution in [1.82, 2.24) is 4.98 Å². The molecule has 2 aromatic rings. The molecule has 4 nitrogen and oxygen atoms in total. The van der Waals surface area contributed by atoms with E-state index < -0.39 is 0 Å². The second-order valence-corrected chi connectivity index (χ2v) is 3.76. The smallest absolute Gasteiger partial charge is 0.145 e. The number of aliphatic hydroxyl groups excluding tert-OH is 1. The standard InChI is InChI=1S/C14H11FN2O2.2C2H6/c15-11-3-1-10(2-4-11)13-7-12(8-16)17-9-14(13)19-6-5-18;2*1-2/h1-4,7,9,18H,5-6H2;2*1-2H3. The normalized spacial score (nSPS) is 8.74. The number of halogens is 1. The zero-order valence-corrected chi connectivity index (χ0v) is 14.0. The molecule has 5 heteroatoms. The fourth-order valence-corrected chi connectivity index (χ4v) is 1.63. The van der Waals surface area contributed by atoms with Crippen LogP contribution in [0.15, 0.2) is 36.5 Å². The van der Waals surface area contributed by atoms with Crippen molar-refractivity contribution in [2.75, 3.05) is 13.2 Å². The largest absolute Gasteiger partial charge is 0.489 e. The van der Waals surface area contributed by atoms with Gasteiger partial charge in [-0.25, -0.2) is 9.37 Å². The van der Waals surface area contributed by atoms with Gasteiger partial charge in [-0.15, -0.1) is 0 Å². The molecule has 0 fully saturated rings. The van der Waals surface area contributed by atoms with E-state index in [0.717, 1.165) is 0 Å². The number of ether oxygens (including phenoxy) is 1. The minimum atomic E-state index is -0.337. The fraction of sp³-hybridized carbons (Fsp3) is 0.333. The van der Waals surface area contributed by atoms with Crippen molar-refractivity contribution in [3.63, 3.8) is 0 Å². The summed E-state index contributed by atoms with van der Waals surface area (Å²) in [6, 6.07) is 9.36. The Balaban J connectivity index is 0.00000112. The number of pyridine rings is 1. The highest BCUT2D eigenvalue weighted by atomic mass is 19.1. The lowest BCUT2D eigenvalue weighted by Gasteiger charge is -2.10. The number of aromatic nitrogens is 1. The molecule has 0 spiro atoms. The molecule has 0 saturated heterocycles. The lowest BCUT2D eigenvalue weighted by molar-refractivity contribution is 0.201. The number of nitriles is 1. The van der Waals surface area contributed by atoms with Crippen molar-refractivity contribution in [2.45, 2.75) is 27.7 Å². The van der Waals surface area contributed by atoms with Gasteiger partial charge in [0.2, 0.25) is 0 Å². The van der Waals surface area contributed by atoms with Gasteiger partial charge in [-0.2, -0.15) is 5.26 Å². The van der Waals surface area contributed by atoms with E-state index in [2.05, 4.69) is 4.98 Å². The fourth-order valence-electron chi connectivity index (χ4n) is 1.63. The van der Waals surface area contributed by atoms with E-state index in [4.69, 9.17) is 15.1 Å². The van der Waals surface area contributed by atoms with Crippen molar-refractivity contribution < 1.29 is 14.2 Å². The molecule has 0 saturated carbocycles. The van der Waals surface area contributed by atoms with Crippen molar-refractivity contribution in [3.05, 3.63) is 48.0 Å². The van der Waals surface area contributed by atoms with Crippen LogP contribution < -0.4 is 4.74 Å². The summed E-state index contributed by atoms with van der Waals surface area (Å²) in [5.74, 6) is 0.107. The van der Waals surface area contributed by atoms with Gasteiger partial charge in [0.25, 0.3) is 0 Å². The molecule has 23 heavy (non-hydrogen) atoms. The van der Waals surface area contributed by atoms with E-state index in [1.165, 1.54) is 18.3 Å². The molecule has 0 aliphatic rings. The van der Waals surface area contributed by atoms with Crippen LogP contribution in [0, 0.1) is 17.1 Å². The summed E-state index contributed by atoms with van der Waals surface area (Å²) in [7, 11) is 0. The van der Waals surface area contributed by atoms with E-state index in [1.54, 1.807) is 18.2 Å². The molecule has 1 aromatic heterocycles. The third kappa shape index (κ3) is 6.45. The predicted octanol–water partition coefficient (Wildman–Crippen LogP) is 4.18. The first-order valence-electron chi connectivity index (χ1n) is 7.64. The van der Waals surface area contributed by atoms with Gasteiger partial charge in [-0.1, -0.05) is 39.8 Å². The third-order valence-corrected chi connectivity index (χ3v) is 2.49. The molecule has 0 amide bonds. The molecule has 1 N–H and O–H groups in total. The first-order chi connectivity index (χ1) is 11.2. The van der Waals surface area contributed by atoms with Gasteiger partial charge in [0, 0.05) is 5.56 Å². The van der Waals surface area contributed by atoms with E-state index in [9.17, 15) is 4.39 Å². The first-order valence-corrected chi connectivity index (χ1v) is 7.64. The second-order valence-electron chi connectivity index (χ2n) is 3.76. The molecule has 0 aliphatic heterocycles. The highest BCUT2D eigenvalue weighted by Crippen LogP contribution is 2.30. The van der Waals surface area contributed by atoms with Gasteiger partial charge in [-0.3, -0.25) is 0 Å². The lowest BCUT2D eigenvalue weighted by atomic mass is 10.1. The van der Waals surface area contributed by atoms with Gasteiger partial charge >= 0.3 is 0 Å². The van der Waals surface area contributed by atoms with Crippen LogP contribution in [0.4, 0.5) is 4.39 Å². The summed E-state index contributed by atoms with van der Waals surface area (Å²) in [6.45, 7) is 8.00. The van der Waals surface area contributed by atoms with E-state index in [0.29, 0.717) is 16.9 Å². The molecule has 0 bridgehead atoms. The van der Waals surface area contributed by atoms with Crippen LogP contribution >= 0.6 is 0 Å². The maximum atomic E-state index is 12.9. The number of rotatable bonds is 4. The van der Waals surface area contributed by atoms with Crippen molar-refractivity contribution >= 4 is 0 Å². The van der Waals surface area contributed by atoms with Crippen LogP contribution in [-0.4, -0.2) is 23.3 Å². The van der Waals surface area contributed by atoms with Crippen molar-refractivity contribution in [3.8, 4) is 22.9 Å². The molecular formula is C18H23FN2O2. The van der Waals surface area contributed by atoms with Crippen LogP contribution in [0.25, 0.3) is 11.1 Å². The number of hydrogen-bond acceptors (Lipinski definition) is 4. The molecule has 1 heterocycles. The maximum absolute atomic E-state index is 12.9. The average Bonchev–Trinajstić information content (AvgIpc) is 2.64. The third-order valence-electron chi connectivity index (χ3n) is 2.49. The Morgan fingerprint density at radius 1 is 1.17 bits per heavy atom. The first kappa shape index (κ1) is 20.6. The monoisotopic (exact) mass is 318 g/mol. The molecule has 1 aromatic carbocycles. The second kappa shape index (κ2) is 12.1. The number of hydrogen-bond donors (Lipinski definition) is 1. The van der Waals surface area contributed by atoms with Crippen LogP contribution in [0.3, 0.4) is 0 Å². The van der Waals surface area contributed by atoms with E-state index in [1.807, 2.05) is 33.8 Å². The van der Waals surface area contributed by atoms with Gasteiger partial charge < -0.3 is 9.84 Å². The number of aliphatic hydroxyl groups is 1. The van der Waals surface area contributed by atoms with Crippen molar-refractivity contribution in [1.29, 1.82) is 5.26 Å². The van der Waals surface area contributed by atoms with E-state index in [-0.39, 0.29) is 24.7 Å². The summed E-state index contributed by atoms with van der Waals surface area (Å²) >= 11 is 0. The highest BCUT2D eigenvalue weighted by molar-refractivity contribution is 5.70. The van der Waals surface area contributed by atoms with Crippen LogP contribution in [-0.2, 0) is 0 Å². The Labute approximate surface area is 137 Å². The Hall–Kier alpha value is -2.45. The van der Waals surface area contributed by atoms with Gasteiger partial charge in [0.05, 0.1) is 12.8 Å². The lowest BCUT2D eigenvalue weighted by Crippen LogP contribution is -2.03. The molecule has 0 aliphatic carbocycles. The molecule has 0 unspecified atom stereocenters. The summed E-state index contributed by atoms with van der Waals surface area (Å²) < 4.78 is 18.3. The Morgan fingerprint density at radius 2 is 1.78 bits per heavy atom. The Kier molecular flexibility index (Phi) is 10.8. The molecule has 0 radical (unpaired) electrons. The SMILES string of the molecule is CC.CC.N#Cc1cc(-c2ccc(F)cc2)c(OCCO)cn1. The molecule has 2 rings (SSSR count). The number of benzene rings is 1. The average molecular weight is 318 g/mol. The van der Waals surface area contributed by atoms with Crippen molar-refractivity contribution in [2.24, 2.45) is 0 Å². The minimum absolute atomic E-state index is 0.122. The molecule has 0 atom stereocenters. The zero-order chi connectivity index (χ0) is 17.7. The predicted molar refractivity (Wildman–Crippen MR) is 89.6 cm³/mol. The van der Waals surface area contributed by atoms with Crippen LogP contribution in [0.5, 0.6) is 5.75 Å². The topological polar surface area (TPSA) is 66.1 Å². The van der Waals surface area contributed by atoms with Crippen LogP contribution in [0.1, 0.15) is 33.4 Å². The summed E-state index contributed by atoms with van der Waals surface area (Å²) in [5.41, 5.74) is 1.60. The highest BCUT2D eigenvalue weighted by Gasteiger charge is 2.09. The zero-order valence-electron chi connectivity index (χ0n) is 14.0. The minimum Gasteiger partial charge on any atom is -0.489 e. The number of nitrogens with zero attached hydrogens (tertiary/aromatic N) is 2. The molecule has 124 valence electrons. The Morgan fingerprint density at radius 3 is 2.30 bits per heavy atom. The van der Waals surface area contributed by atoms with Crippen LogP contribution in [0.2, 0.25) is 0 Å². The quantitative estimate of drug-likeness (QED) is 0.918. The van der Waals surface area contributed by atoms with Gasteiger partial charge in [0.1, 0.15) is 29.9 Å². The molecular weight excluding hydrogens is 295 g/mol. The Bertz CT molecular complexity index is 607. The van der Waals surface area contributed by atoms with E-state index >= 15 is 0 Å². The maximum Gasteiger partial charge on any atom is 0.145 e. The van der Waals surface area contributed by atoms with Gasteiger partial charge in [0.15, 0.2) is 0 Å². The summed E-state index contributed by atoms with van der Waals surface area (Å²) in [5, 5.41) is 17.6. The summed E-state index contributed by atoms with van der Waals surface area (Å²) in [6.07, 6.45) is 1.42.